The van der Waals surface area contributed by atoms with Crippen molar-refractivity contribution in [3.8, 4) is 0 Å². The van der Waals surface area contributed by atoms with E-state index in [1.165, 1.54) is 11.3 Å². The molecule has 1 fully saturated rings. The molecule has 114 valence electrons. The third-order valence-electron chi connectivity index (χ3n) is 3.45. The second-order valence-corrected chi connectivity index (χ2v) is 9.38. The van der Waals surface area contributed by atoms with Crippen LogP contribution in [0, 0.1) is 6.92 Å². The van der Waals surface area contributed by atoms with E-state index in [2.05, 4.69) is 37.5 Å². The van der Waals surface area contributed by atoms with E-state index in [1.54, 1.807) is 6.07 Å². The Bertz CT molecular complexity index is 551. The Morgan fingerprint density at radius 1 is 1.35 bits per heavy atom. The van der Waals surface area contributed by atoms with Gasteiger partial charge in [-0.15, -0.1) is 11.3 Å². The van der Waals surface area contributed by atoms with E-state index < -0.39 is 10.0 Å². The Morgan fingerprint density at radius 3 is 2.55 bits per heavy atom. The summed E-state index contributed by atoms with van der Waals surface area (Å²) in [6.45, 7) is 7.13. The van der Waals surface area contributed by atoms with Crippen molar-refractivity contribution in [2.75, 3.05) is 46.3 Å². The van der Waals surface area contributed by atoms with Gasteiger partial charge in [-0.05, 0) is 36.0 Å². The van der Waals surface area contributed by atoms with Crippen molar-refractivity contribution < 1.29 is 8.42 Å². The highest BCUT2D eigenvalue weighted by Gasteiger charge is 2.20. The molecular weight excluding hydrogens is 362 g/mol. The molecule has 0 unspecified atom stereocenters. The van der Waals surface area contributed by atoms with Crippen molar-refractivity contribution in [3.05, 3.63) is 14.7 Å². The van der Waals surface area contributed by atoms with Crippen LogP contribution in [0.1, 0.15) is 4.88 Å². The fraction of sp³-hybridized carbons (Fsp3) is 0.667. The van der Waals surface area contributed by atoms with Gasteiger partial charge in [-0.25, -0.2) is 13.1 Å². The summed E-state index contributed by atoms with van der Waals surface area (Å²) in [5.41, 5.74) is 0. The van der Waals surface area contributed by atoms with Crippen LogP contribution < -0.4 is 4.72 Å². The first kappa shape index (κ1) is 16.4. The van der Waals surface area contributed by atoms with E-state index in [4.69, 9.17) is 0 Å². The van der Waals surface area contributed by atoms with Gasteiger partial charge in [0.25, 0.3) is 0 Å². The number of likely N-dealkylation sites (N-methyl/N-ethyl adjacent to an activating group) is 1. The Hall–Kier alpha value is 0.01000. The lowest BCUT2D eigenvalue weighted by atomic mass is 10.3. The number of rotatable bonds is 5. The number of hydrogen-bond donors (Lipinski definition) is 1. The average molecular weight is 382 g/mol. The summed E-state index contributed by atoms with van der Waals surface area (Å²) in [7, 11) is -1.28. The number of thiophene rings is 1. The summed E-state index contributed by atoms with van der Waals surface area (Å²) in [6, 6.07) is 1.66. The molecule has 1 aromatic heterocycles. The van der Waals surface area contributed by atoms with Gasteiger partial charge in [-0.3, -0.25) is 4.90 Å². The highest BCUT2D eigenvalue weighted by atomic mass is 79.9. The first-order chi connectivity index (χ1) is 9.38. The maximum Gasteiger partial charge on any atom is 0.241 e. The molecule has 2 rings (SSSR count). The minimum atomic E-state index is -3.39. The van der Waals surface area contributed by atoms with Crippen LogP contribution in [-0.4, -0.2) is 64.5 Å². The third kappa shape index (κ3) is 4.25. The predicted molar refractivity (Wildman–Crippen MR) is 85.9 cm³/mol. The summed E-state index contributed by atoms with van der Waals surface area (Å²) in [5, 5.41) is 0. The van der Waals surface area contributed by atoms with Crippen LogP contribution in [0.2, 0.25) is 0 Å². The van der Waals surface area contributed by atoms with Crippen LogP contribution in [0.4, 0.5) is 0 Å². The van der Waals surface area contributed by atoms with Gasteiger partial charge >= 0.3 is 0 Å². The van der Waals surface area contributed by atoms with Gasteiger partial charge in [0.05, 0.1) is 8.68 Å². The molecule has 1 saturated heterocycles. The normalized spacial score (nSPS) is 18.6. The zero-order valence-corrected chi connectivity index (χ0v) is 14.9. The molecule has 0 saturated carbocycles. The van der Waals surface area contributed by atoms with E-state index in [1.807, 2.05) is 6.92 Å². The van der Waals surface area contributed by atoms with Crippen molar-refractivity contribution in [3.63, 3.8) is 0 Å². The molecule has 1 aliphatic rings. The number of aryl methyl sites for hydroxylation is 1. The third-order valence-corrected chi connectivity index (χ3v) is 6.72. The van der Waals surface area contributed by atoms with Gasteiger partial charge in [-0.2, -0.15) is 0 Å². The van der Waals surface area contributed by atoms with Crippen LogP contribution in [0.3, 0.4) is 0 Å². The molecule has 1 aliphatic heterocycles. The summed E-state index contributed by atoms with van der Waals surface area (Å²) in [5.74, 6) is 0. The van der Waals surface area contributed by atoms with Crippen LogP contribution in [0.15, 0.2) is 14.7 Å². The van der Waals surface area contributed by atoms with Crippen molar-refractivity contribution in [2.45, 2.75) is 11.8 Å². The van der Waals surface area contributed by atoms with E-state index in [-0.39, 0.29) is 0 Å². The van der Waals surface area contributed by atoms with E-state index in [9.17, 15) is 8.42 Å². The van der Waals surface area contributed by atoms with Crippen LogP contribution in [-0.2, 0) is 10.0 Å². The molecule has 0 aromatic carbocycles. The van der Waals surface area contributed by atoms with Gasteiger partial charge in [0.1, 0.15) is 0 Å². The topological polar surface area (TPSA) is 52.7 Å². The summed E-state index contributed by atoms with van der Waals surface area (Å²) in [6.07, 6.45) is 0. The molecule has 20 heavy (non-hydrogen) atoms. The van der Waals surface area contributed by atoms with Gasteiger partial charge < -0.3 is 4.90 Å². The second kappa shape index (κ2) is 6.85. The van der Waals surface area contributed by atoms with Crippen molar-refractivity contribution in [1.29, 1.82) is 0 Å². The SMILES string of the molecule is Cc1sc(Br)cc1S(=O)(=O)NCCN1CCN(C)CC1. The second-order valence-electron chi connectivity index (χ2n) is 5.01. The molecule has 0 radical (unpaired) electrons. The summed E-state index contributed by atoms with van der Waals surface area (Å²) >= 11 is 4.76. The maximum absolute atomic E-state index is 12.2. The van der Waals surface area contributed by atoms with Crippen molar-refractivity contribution >= 4 is 37.3 Å². The van der Waals surface area contributed by atoms with Crippen LogP contribution >= 0.6 is 27.3 Å². The highest BCUT2D eigenvalue weighted by Crippen LogP contribution is 2.29. The molecule has 2 heterocycles. The molecule has 0 spiro atoms. The smallest absolute Gasteiger partial charge is 0.241 e. The highest BCUT2D eigenvalue weighted by molar-refractivity contribution is 9.11. The fourth-order valence-corrected chi connectivity index (χ4v) is 5.62. The summed E-state index contributed by atoms with van der Waals surface area (Å²) < 4.78 is 27.9. The number of hydrogen-bond acceptors (Lipinski definition) is 5. The molecule has 1 aromatic rings. The molecule has 0 amide bonds. The van der Waals surface area contributed by atoms with E-state index >= 15 is 0 Å². The Balaban J connectivity index is 1.85. The molecule has 0 aliphatic carbocycles. The van der Waals surface area contributed by atoms with Crippen LogP contribution in [0.25, 0.3) is 0 Å². The minimum Gasteiger partial charge on any atom is -0.304 e. The zero-order valence-electron chi connectivity index (χ0n) is 11.7. The molecule has 5 nitrogen and oxygen atoms in total. The lowest BCUT2D eigenvalue weighted by Gasteiger charge is -2.32. The number of piperazine rings is 1. The number of nitrogens with zero attached hydrogens (tertiary/aromatic N) is 2. The zero-order chi connectivity index (χ0) is 14.8. The van der Waals surface area contributed by atoms with Gasteiger partial charge in [0, 0.05) is 44.1 Å². The number of nitrogens with one attached hydrogen (secondary N) is 1. The van der Waals surface area contributed by atoms with Gasteiger partial charge in [0.15, 0.2) is 0 Å². The standard InChI is InChI=1S/C12H20BrN3O2S2/c1-10-11(9-12(13)19-10)20(17,18)14-3-4-16-7-5-15(2)6-8-16/h9,14H,3-8H2,1-2H3. The Kier molecular flexibility index (Phi) is 5.61. The van der Waals surface area contributed by atoms with Crippen LogP contribution in [0.5, 0.6) is 0 Å². The lowest BCUT2D eigenvalue weighted by Crippen LogP contribution is -2.46. The molecule has 0 bridgehead atoms. The lowest BCUT2D eigenvalue weighted by molar-refractivity contribution is 0.156. The maximum atomic E-state index is 12.2. The Morgan fingerprint density at radius 2 is 2.00 bits per heavy atom. The van der Waals surface area contributed by atoms with Crippen molar-refractivity contribution in [1.82, 2.24) is 14.5 Å². The molecule has 1 N–H and O–H groups in total. The summed E-state index contributed by atoms with van der Waals surface area (Å²) in [4.78, 5) is 5.77. The van der Waals surface area contributed by atoms with Crippen molar-refractivity contribution in [2.24, 2.45) is 0 Å². The number of sulfonamides is 1. The fourth-order valence-electron chi connectivity index (χ4n) is 2.18. The predicted octanol–water partition coefficient (Wildman–Crippen LogP) is 1.34. The largest absolute Gasteiger partial charge is 0.304 e. The quantitative estimate of drug-likeness (QED) is 0.835. The van der Waals surface area contributed by atoms with Gasteiger partial charge in [0.2, 0.25) is 10.0 Å². The molecule has 8 heteroatoms. The molecule has 0 atom stereocenters. The van der Waals surface area contributed by atoms with Gasteiger partial charge in [-0.1, -0.05) is 0 Å². The minimum absolute atomic E-state index is 0.382. The number of halogens is 1. The first-order valence-electron chi connectivity index (χ1n) is 6.55. The van der Waals surface area contributed by atoms with E-state index in [0.717, 1.165) is 41.4 Å². The first-order valence-corrected chi connectivity index (χ1v) is 9.64. The average Bonchev–Trinajstić information content (AvgIpc) is 2.72. The Labute approximate surface area is 133 Å². The van der Waals surface area contributed by atoms with E-state index in [0.29, 0.717) is 11.4 Å². The monoisotopic (exact) mass is 381 g/mol. The molecular formula is C12H20BrN3O2S2.